The number of rotatable bonds is 8. The van der Waals surface area contributed by atoms with E-state index in [0.29, 0.717) is 39.3 Å². The lowest BCUT2D eigenvalue weighted by Gasteiger charge is -2.28. The minimum atomic E-state index is -0.0780. The second-order valence-electron chi connectivity index (χ2n) is 8.68. The lowest BCUT2D eigenvalue weighted by Crippen LogP contribution is -2.40. The van der Waals surface area contributed by atoms with Crippen molar-refractivity contribution in [3.05, 3.63) is 53.6 Å². The molecule has 0 bridgehead atoms. The summed E-state index contributed by atoms with van der Waals surface area (Å²) in [6, 6.07) is 13.9. The van der Waals surface area contributed by atoms with E-state index < -0.39 is 0 Å². The molecule has 2 aromatic rings. The number of hydrogen-bond donors (Lipinski definition) is 2. The highest BCUT2D eigenvalue weighted by Crippen LogP contribution is 2.37. The Labute approximate surface area is 179 Å². The first-order valence-corrected chi connectivity index (χ1v) is 10.9. The number of carbonyl (C=O) groups excluding carboxylic acids is 1. The summed E-state index contributed by atoms with van der Waals surface area (Å²) in [6.45, 7) is 7.54. The number of nitrogens with zero attached hydrogens (tertiary/aromatic N) is 1. The molecule has 0 aliphatic carbocycles. The number of aromatic hydroxyl groups is 1. The van der Waals surface area contributed by atoms with Gasteiger partial charge in [-0.15, -0.1) is 0 Å². The first-order valence-electron chi connectivity index (χ1n) is 10.9. The van der Waals surface area contributed by atoms with Crippen LogP contribution in [0.25, 0.3) is 11.1 Å². The predicted molar refractivity (Wildman–Crippen MR) is 120 cm³/mol. The van der Waals surface area contributed by atoms with Crippen LogP contribution in [-0.2, 0) is 21.5 Å². The Kier molecular flexibility index (Phi) is 7.51. The van der Waals surface area contributed by atoms with E-state index in [4.69, 9.17) is 10.5 Å². The summed E-state index contributed by atoms with van der Waals surface area (Å²) in [7, 11) is 0. The molecule has 2 aromatic carbocycles. The predicted octanol–water partition coefficient (Wildman–Crippen LogP) is 4.21. The third kappa shape index (κ3) is 5.41. The smallest absolute Gasteiger partial charge is 0.222 e. The number of nitrogens with two attached hydrogens (primary N) is 1. The first kappa shape index (κ1) is 22.3. The number of carbonyl (C=O) groups is 1. The topological polar surface area (TPSA) is 75.8 Å². The third-order valence-electron chi connectivity index (χ3n) is 6.11. The van der Waals surface area contributed by atoms with Gasteiger partial charge in [0, 0.05) is 31.6 Å². The molecule has 5 heteroatoms. The van der Waals surface area contributed by atoms with Crippen molar-refractivity contribution >= 4 is 5.91 Å². The molecule has 0 spiro atoms. The lowest BCUT2D eigenvalue weighted by atomic mass is 9.79. The summed E-state index contributed by atoms with van der Waals surface area (Å²) in [6.07, 6.45) is 3.41. The maximum atomic E-state index is 12.3. The van der Waals surface area contributed by atoms with E-state index in [1.165, 1.54) is 0 Å². The van der Waals surface area contributed by atoms with E-state index in [0.717, 1.165) is 41.5 Å². The molecule has 162 valence electrons. The van der Waals surface area contributed by atoms with Gasteiger partial charge in [0.2, 0.25) is 5.91 Å². The maximum Gasteiger partial charge on any atom is 0.222 e. The first-order chi connectivity index (χ1) is 14.4. The Hall–Kier alpha value is -2.37. The Morgan fingerprint density at radius 3 is 2.53 bits per heavy atom. The van der Waals surface area contributed by atoms with E-state index in [9.17, 15) is 9.90 Å². The summed E-state index contributed by atoms with van der Waals surface area (Å²) in [5.41, 5.74) is 9.69. The average molecular weight is 411 g/mol. The molecule has 30 heavy (non-hydrogen) atoms. The summed E-state index contributed by atoms with van der Waals surface area (Å²) in [5, 5.41) is 10.7. The molecule has 0 radical (unpaired) electrons. The van der Waals surface area contributed by atoms with Crippen molar-refractivity contribution in [3.8, 4) is 16.9 Å². The van der Waals surface area contributed by atoms with Crippen molar-refractivity contribution < 1.29 is 14.6 Å². The number of phenolic OH excluding ortho intramolecular Hbond substituents is 1. The van der Waals surface area contributed by atoms with Crippen LogP contribution in [0.5, 0.6) is 5.75 Å². The molecule has 1 aliphatic rings. The van der Waals surface area contributed by atoms with Crippen LogP contribution in [-0.4, -0.2) is 42.2 Å². The second kappa shape index (κ2) is 10.1. The zero-order valence-electron chi connectivity index (χ0n) is 18.2. The Morgan fingerprint density at radius 2 is 1.83 bits per heavy atom. The Bertz CT molecular complexity index is 857. The number of morpholine rings is 1. The zero-order chi connectivity index (χ0) is 21.6. The molecule has 3 rings (SSSR count). The van der Waals surface area contributed by atoms with E-state index in [2.05, 4.69) is 19.9 Å². The van der Waals surface area contributed by atoms with Crippen molar-refractivity contribution in [1.29, 1.82) is 0 Å². The third-order valence-corrected chi connectivity index (χ3v) is 6.11. The van der Waals surface area contributed by atoms with Crippen molar-refractivity contribution in [2.24, 2.45) is 5.73 Å². The van der Waals surface area contributed by atoms with Gasteiger partial charge in [0.05, 0.1) is 13.2 Å². The quantitative estimate of drug-likeness (QED) is 0.639. The van der Waals surface area contributed by atoms with Crippen LogP contribution in [0.2, 0.25) is 0 Å². The van der Waals surface area contributed by atoms with Gasteiger partial charge in [-0.05, 0) is 41.0 Å². The van der Waals surface area contributed by atoms with E-state index >= 15 is 0 Å². The van der Waals surface area contributed by atoms with Crippen molar-refractivity contribution in [1.82, 2.24) is 4.90 Å². The van der Waals surface area contributed by atoms with Crippen LogP contribution in [0.1, 0.15) is 50.7 Å². The lowest BCUT2D eigenvalue weighted by molar-refractivity contribution is -0.135. The highest BCUT2D eigenvalue weighted by molar-refractivity contribution is 5.76. The zero-order valence-corrected chi connectivity index (χ0v) is 18.2. The SMILES string of the molecule is CC(C)(CCCCC(=O)N1CCOCC1)c1ccc(-c2ccccc2CN)c(O)c1. The van der Waals surface area contributed by atoms with Crippen LogP contribution in [0.3, 0.4) is 0 Å². The van der Waals surface area contributed by atoms with E-state index in [-0.39, 0.29) is 17.1 Å². The molecule has 5 nitrogen and oxygen atoms in total. The van der Waals surface area contributed by atoms with Gasteiger partial charge in [-0.3, -0.25) is 4.79 Å². The Morgan fingerprint density at radius 1 is 1.10 bits per heavy atom. The summed E-state index contributed by atoms with van der Waals surface area (Å²) >= 11 is 0. The van der Waals surface area contributed by atoms with Gasteiger partial charge >= 0.3 is 0 Å². The van der Waals surface area contributed by atoms with Crippen LogP contribution in [0, 0.1) is 0 Å². The molecule has 1 heterocycles. The van der Waals surface area contributed by atoms with Gasteiger partial charge in [0.15, 0.2) is 0 Å². The second-order valence-corrected chi connectivity index (χ2v) is 8.68. The number of phenols is 1. The molecule has 0 unspecified atom stereocenters. The number of hydrogen-bond acceptors (Lipinski definition) is 4. The number of ether oxygens (including phenoxy) is 1. The van der Waals surface area contributed by atoms with Crippen molar-refractivity contribution in [2.75, 3.05) is 26.3 Å². The highest BCUT2D eigenvalue weighted by Gasteiger charge is 2.23. The maximum absolute atomic E-state index is 12.3. The fourth-order valence-corrected chi connectivity index (χ4v) is 4.10. The molecule has 0 atom stereocenters. The van der Waals surface area contributed by atoms with Gasteiger partial charge < -0.3 is 20.5 Å². The molecule has 1 amide bonds. The highest BCUT2D eigenvalue weighted by atomic mass is 16.5. The van der Waals surface area contributed by atoms with Gasteiger partial charge in [-0.1, -0.05) is 56.7 Å². The van der Waals surface area contributed by atoms with Gasteiger partial charge in [-0.2, -0.15) is 0 Å². The molecule has 0 saturated carbocycles. The molecule has 1 saturated heterocycles. The number of amides is 1. The summed E-state index contributed by atoms with van der Waals surface area (Å²) in [5.74, 6) is 0.514. The fourth-order valence-electron chi connectivity index (χ4n) is 4.10. The van der Waals surface area contributed by atoms with Crippen LogP contribution < -0.4 is 5.73 Å². The minimum absolute atomic E-state index is 0.0780. The summed E-state index contributed by atoms with van der Waals surface area (Å²) in [4.78, 5) is 14.2. The monoisotopic (exact) mass is 410 g/mol. The Balaban J connectivity index is 1.59. The fraction of sp³-hybridized carbons (Fsp3) is 0.480. The van der Waals surface area contributed by atoms with E-state index in [1.54, 1.807) is 0 Å². The molecular formula is C25H34N2O3. The van der Waals surface area contributed by atoms with Gasteiger partial charge in [0.1, 0.15) is 5.75 Å². The molecule has 0 aromatic heterocycles. The van der Waals surface area contributed by atoms with Crippen molar-refractivity contribution in [2.45, 2.75) is 51.5 Å². The largest absolute Gasteiger partial charge is 0.507 e. The molecular weight excluding hydrogens is 376 g/mol. The molecule has 1 fully saturated rings. The number of unbranched alkanes of at least 4 members (excludes halogenated alkanes) is 1. The molecule has 3 N–H and O–H groups in total. The normalized spacial score (nSPS) is 14.7. The van der Waals surface area contributed by atoms with Crippen LogP contribution in [0.15, 0.2) is 42.5 Å². The van der Waals surface area contributed by atoms with Crippen molar-refractivity contribution in [3.63, 3.8) is 0 Å². The van der Waals surface area contributed by atoms with Crippen LogP contribution >= 0.6 is 0 Å². The standard InChI is InChI=1S/C25H34N2O3/c1-25(2,12-6-5-9-24(29)27-13-15-30-16-14-27)20-10-11-22(23(28)17-20)21-8-4-3-7-19(21)18-26/h3-4,7-8,10-11,17,28H,5-6,9,12-16,18,26H2,1-2H3. The summed E-state index contributed by atoms with van der Waals surface area (Å²) < 4.78 is 5.31. The number of benzene rings is 2. The van der Waals surface area contributed by atoms with E-state index in [1.807, 2.05) is 41.3 Å². The van der Waals surface area contributed by atoms with Crippen LogP contribution in [0.4, 0.5) is 0 Å². The minimum Gasteiger partial charge on any atom is -0.507 e. The van der Waals surface area contributed by atoms with Gasteiger partial charge in [0.25, 0.3) is 0 Å². The average Bonchev–Trinajstić information content (AvgIpc) is 2.77. The van der Waals surface area contributed by atoms with Gasteiger partial charge in [-0.25, -0.2) is 0 Å². The molecule has 1 aliphatic heterocycles.